The number of carbonyl (C=O) groups excluding carboxylic acids is 1. The maximum Gasteiger partial charge on any atom is 0.252 e. The lowest BCUT2D eigenvalue weighted by Gasteiger charge is -2.23. The number of benzene rings is 1. The van der Waals surface area contributed by atoms with Crippen molar-refractivity contribution in [3.63, 3.8) is 0 Å². The van der Waals surface area contributed by atoms with Crippen LogP contribution in [0.3, 0.4) is 0 Å². The van der Waals surface area contributed by atoms with Gasteiger partial charge in [-0.1, -0.05) is 18.2 Å². The number of pyridine rings is 1. The van der Waals surface area contributed by atoms with E-state index in [1.54, 1.807) is 12.3 Å². The molecule has 2 aromatic rings. The van der Waals surface area contributed by atoms with Gasteiger partial charge in [0.25, 0.3) is 5.91 Å². The van der Waals surface area contributed by atoms with E-state index in [-0.39, 0.29) is 5.91 Å². The third-order valence-electron chi connectivity index (χ3n) is 2.68. The standard InChI is InChI=1S/C14H15ClN2O/c1-14(2,9-15)17-13(18)11-7-8-16-12-6-4-3-5-10(11)12/h3-8H,9H2,1-2H3,(H,17,18). The molecule has 0 saturated heterocycles. The topological polar surface area (TPSA) is 42.0 Å². The maximum atomic E-state index is 12.2. The Bertz CT molecular complexity index is 576. The van der Waals surface area contributed by atoms with Crippen LogP contribution in [0.5, 0.6) is 0 Å². The lowest BCUT2D eigenvalue weighted by atomic mass is 10.1. The first kappa shape index (κ1) is 12.8. The molecule has 0 saturated carbocycles. The summed E-state index contributed by atoms with van der Waals surface area (Å²) in [4.78, 5) is 16.5. The molecule has 1 heterocycles. The van der Waals surface area contributed by atoms with E-state index >= 15 is 0 Å². The first-order chi connectivity index (χ1) is 8.53. The van der Waals surface area contributed by atoms with E-state index in [4.69, 9.17) is 11.6 Å². The van der Waals surface area contributed by atoms with Crippen molar-refractivity contribution in [3.8, 4) is 0 Å². The first-order valence-corrected chi connectivity index (χ1v) is 6.29. The van der Waals surface area contributed by atoms with Gasteiger partial charge in [-0.15, -0.1) is 11.6 Å². The van der Waals surface area contributed by atoms with Crippen LogP contribution in [0.2, 0.25) is 0 Å². The highest BCUT2D eigenvalue weighted by Crippen LogP contribution is 2.17. The Morgan fingerprint density at radius 1 is 1.33 bits per heavy atom. The van der Waals surface area contributed by atoms with Gasteiger partial charge in [-0.3, -0.25) is 9.78 Å². The molecule has 0 atom stereocenters. The minimum atomic E-state index is -0.428. The van der Waals surface area contributed by atoms with E-state index in [1.807, 2.05) is 38.1 Å². The van der Waals surface area contributed by atoms with E-state index in [2.05, 4.69) is 10.3 Å². The molecule has 4 heteroatoms. The molecule has 2 rings (SSSR count). The zero-order valence-corrected chi connectivity index (χ0v) is 11.2. The number of hydrogen-bond donors (Lipinski definition) is 1. The fourth-order valence-electron chi connectivity index (χ4n) is 1.70. The summed E-state index contributed by atoms with van der Waals surface area (Å²) in [6.45, 7) is 3.78. The average Bonchev–Trinajstić information content (AvgIpc) is 2.37. The van der Waals surface area contributed by atoms with Crippen LogP contribution in [-0.2, 0) is 0 Å². The number of aromatic nitrogens is 1. The number of para-hydroxylation sites is 1. The Morgan fingerprint density at radius 3 is 2.78 bits per heavy atom. The second-order valence-corrected chi connectivity index (χ2v) is 5.11. The largest absolute Gasteiger partial charge is 0.346 e. The summed E-state index contributed by atoms with van der Waals surface area (Å²) >= 11 is 5.82. The quantitative estimate of drug-likeness (QED) is 0.864. The van der Waals surface area contributed by atoms with E-state index in [0.29, 0.717) is 11.4 Å². The summed E-state index contributed by atoms with van der Waals surface area (Å²) in [5.74, 6) is 0.237. The number of amides is 1. The van der Waals surface area contributed by atoms with Crippen molar-refractivity contribution in [2.45, 2.75) is 19.4 Å². The molecule has 18 heavy (non-hydrogen) atoms. The number of halogens is 1. The van der Waals surface area contributed by atoms with Crippen molar-refractivity contribution < 1.29 is 4.79 Å². The number of nitrogens with one attached hydrogen (secondary N) is 1. The van der Waals surface area contributed by atoms with Gasteiger partial charge in [-0.2, -0.15) is 0 Å². The van der Waals surface area contributed by atoms with E-state index in [0.717, 1.165) is 10.9 Å². The minimum absolute atomic E-state index is 0.126. The number of fused-ring (bicyclic) bond motifs is 1. The third kappa shape index (κ3) is 2.62. The number of rotatable bonds is 3. The van der Waals surface area contributed by atoms with Crippen LogP contribution in [0, 0.1) is 0 Å². The number of hydrogen-bond acceptors (Lipinski definition) is 2. The molecule has 94 valence electrons. The van der Waals surface area contributed by atoms with Gasteiger partial charge in [0.2, 0.25) is 0 Å². The van der Waals surface area contributed by atoms with E-state index in [1.165, 1.54) is 0 Å². The molecule has 1 amide bonds. The van der Waals surface area contributed by atoms with Crippen LogP contribution in [0.1, 0.15) is 24.2 Å². The highest BCUT2D eigenvalue weighted by atomic mass is 35.5. The van der Waals surface area contributed by atoms with Gasteiger partial charge in [-0.25, -0.2) is 0 Å². The Hall–Kier alpha value is -1.61. The molecular weight excluding hydrogens is 248 g/mol. The van der Waals surface area contributed by atoms with E-state index in [9.17, 15) is 4.79 Å². The van der Waals surface area contributed by atoms with Crippen LogP contribution in [0.25, 0.3) is 10.9 Å². The molecule has 0 radical (unpaired) electrons. The first-order valence-electron chi connectivity index (χ1n) is 5.76. The number of nitrogens with zero attached hydrogens (tertiary/aromatic N) is 1. The van der Waals surface area contributed by atoms with Gasteiger partial charge < -0.3 is 5.32 Å². The molecule has 1 aromatic heterocycles. The lowest BCUT2D eigenvalue weighted by molar-refractivity contribution is 0.0922. The maximum absolute atomic E-state index is 12.2. The van der Waals surface area contributed by atoms with Crippen molar-refractivity contribution in [2.75, 3.05) is 5.88 Å². The van der Waals surface area contributed by atoms with Crippen molar-refractivity contribution >= 4 is 28.4 Å². The normalized spacial score (nSPS) is 11.5. The molecule has 1 N–H and O–H groups in total. The SMILES string of the molecule is CC(C)(CCl)NC(=O)c1ccnc2ccccc12. The Morgan fingerprint density at radius 2 is 2.06 bits per heavy atom. The molecule has 0 spiro atoms. The molecule has 1 aromatic carbocycles. The summed E-state index contributed by atoms with van der Waals surface area (Å²) in [5.41, 5.74) is 1.01. The van der Waals surface area contributed by atoms with Gasteiger partial charge in [-0.05, 0) is 26.0 Å². The van der Waals surface area contributed by atoms with Crippen molar-refractivity contribution in [2.24, 2.45) is 0 Å². The summed E-state index contributed by atoms with van der Waals surface area (Å²) in [6.07, 6.45) is 1.64. The smallest absolute Gasteiger partial charge is 0.252 e. The zero-order valence-electron chi connectivity index (χ0n) is 10.4. The lowest BCUT2D eigenvalue weighted by Crippen LogP contribution is -2.44. The Balaban J connectivity index is 2.39. The molecule has 0 fully saturated rings. The zero-order chi connectivity index (χ0) is 13.2. The average molecular weight is 263 g/mol. The molecule has 0 aliphatic carbocycles. The van der Waals surface area contributed by atoms with Crippen LogP contribution in [0.4, 0.5) is 0 Å². The van der Waals surface area contributed by atoms with Gasteiger partial charge in [0.1, 0.15) is 0 Å². The minimum Gasteiger partial charge on any atom is -0.346 e. The Labute approximate surface area is 111 Å². The summed E-state index contributed by atoms with van der Waals surface area (Å²) in [5, 5.41) is 3.77. The number of alkyl halides is 1. The molecule has 0 aliphatic heterocycles. The second-order valence-electron chi connectivity index (χ2n) is 4.85. The highest BCUT2D eigenvalue weighted by Gasteiger charge is 2.21. The summed E-state index contributed by atoms with van der Waals surface area (Å²) in [6, 6.07) is 9.30. The van der Waals surface area contributed by atoms with Gasteiger partial charge in [0.15, 0.2) is 0 Å². The fraction of sp³-hybridized carbons (Fsp3) is 0.286. The molecular formula is C14H15ClN2O. The van der Waals surface area contributed by atoms with Crippen molar-refractivity contribution in [1.29, 1.82) is 0 Å². The Kier molecular flexibility index (Phi) is 3.53. The van der Waals surface area contributed by atoms with Gasteiger partial charge in [0, 0.05) is 23.0 Å². The van der Waals surface area contributed by atoms with Crippen LogP contribution in [0.15, 0.2) is 36.5 Å². The molecule has 0 bridgehead atoms. The highest BCUT2D eigenvalue weighted by molar-refractivity contribution is 6.19. The van der Waals surface area contributed by atoms with Gasteiger partial charge in [0.05, 0.1) is 11.1 Å². The third-order valence-corrected chi connectivity index (χ3v) is 3.35. The molecule has 0 unspecified atom stereocenters. The monoisotopic (exact) mass is 262 g/mol. The fourth-order valence-corrected chi connectivity index (χ4v) is 1.77. The van der Waals surface area contributed by atoms with Crippen LogP contribution in [-0.4, -0.2) is 22.3 Å². The van der Waals surface area contributed by atoms with Crippen molar-refractivity contribution in [1.82, 2.24) is 10.3 Å². The molecule has 3 nitrogen and oxygen atoms in total. The number of carbonyl (C=O) groups is 1. The van der Waals surface area contributed by atoms with Gasteiger partial charge >= 0.3 is 0 Å². The molecule has 0 aliphatic rings. The summed E-state index contributed by atoms with van der Waals surface area (Å²) in [7, 11) is 0. The second kappa shape index (κ2) is 4.94. The van der Waals surface area contributed by atoms with Crippen LogP contribution < -0.4 is 5.32 Å². The summed E-state index contributed by atoms with van der Waals surface area (Å²) < 4.78 is 0. The van der Waals surface area contributed by atoms with Crippen molar-refractivity contribution in [3.05, 3.63) is 42.1 Å². The van der Waals surface area contributed by atoms with Crippen LogP contribution >= 0.6 is 11.6 Å². The predicted molar refractivity (Wildman–Crippen MR) is 74.0 cm³/mol. The van der Waals surface area contributed by atoms with E-state index < -0.39 is 5.54 Å². The predicted octanol–water partition coefficient (Wildman–Crippen LogP) is 2.98.